The average molecular weight is 430 g/mol. The zero-order valence-electron chi connectivity index (χ0n) is 17.3. The third-order valence-corrected chi connectivity index (χ3v) is 4.08. The van der Waals surface area contributed by atoms with Gasteiger partial charge in [0.15, 0.2) is 23.0 Å². The number of hydrogen-bond donors (Lipinski definition) is 0. The van der Waals surface area contributed by atoms with Gasteiger partial charge in [0, 0.05) is 32.9 Å². The Hall–Kier alpha value is -4.08. The summed E-state index contributed by atoms with van der Waals surface area (Å²) in [6.07, 6.45) is 0. The maximum absolute atomic E-state index is 13.3. The molecule has 0 fully saturated rings. The molecule has 3 aromatic rings. The van der Waals surface area contributed by atoms with Crippen LogP contribution in [-0.4, -0.2) is 32.1 Å². The van der Waals surface area contributed by atoms with Crippen molar-refractivity contribution < 1.29 is 42.5 Å². The topological polar surface area (TPSA) is 128 Å². The number of methoxy groups -OCH3 is 2. The number of carbonyl (C=O) groups is 3. The number of rotatable bonds is 5. The summed E-state index contributed by atoms with van der Waals surface area (Å²) in [6, 6.07) is 3.92. The highest BCUT2D eigenvalue weighted by atomic mass is 16.6. The van der Waals surface area contributed by atoms with Gasteiger partial charge in [-0.1, -0.05) is 0 Å². The molecule has 0 bridgehead atoms. The quantitative estimate of drug-likeness (QED) is 0.338. The molecule has 162 valence electrons. The van der Waals surface area contributed by atoms with Gasteiger partial charge in [0.25, 0.3) is 0 Å². The van der Waals surface area contributed by atoms with Gasteiger partial charge >= 0.3 is 17.9 Å². The van der Waals surface area contributed by atoms with Crippen LogP contribution >= 0.6 is 0 Å². The first kappa shape index (κ1) is 21.6. The molecule has 0 amide bonds. The lowest BCUT2D eigenvalue weighted by atomic mass is 10.1. The standard InChI is InChI=1S/C21H18O10/c1-9(22)28-15-7-13-12(6-14(15)26-4)19(25)18-16(31-13)8-17(29-10(2)23)20(27-5)21(18)30-11(3)24/h6-8H,1-5H3. The first-order valence-corrected chi connectivity index (χ1v) is 8.91. The van der Waals surface area contributed by atoms with Crippen molar-refractivity contribution >= 4 is 39.8 Å². The summed E-state index contributed by atoms with van der Waals surface area (Å²) in [5.74, 6) is -2.35. The van der Waals surface area contributed by atoms with E-state index in [-0.39, 0.29) is 50.7 Å². The largest absolute Gasteiger partial charge is 0.493 e. The minimum absolute atomic E-state index is 0.0407. The van der Waals surface area contributed by atoms with Crippen LogP contribution in [0, 0.1) is 0 Å². The molecular formula is C21H18O10. The smallest absolute Gasteiger partial charge is 0.308 e. The second-order valence-electron chi connectivity index (χ2n) is 6.32. The van der Waals surface area contributed by atoms with Gasteiger partial charge in [-0.15, -0.1) is 0 Å². The second-order valence-corrected chi connectivity index (χ2v) is 6.32. The normalized spacial score (nSPS) is 10.6. The lowest BCUT2D eigenvalue weighted by molar-refractivity contribution is -0.133. The van der Waals surface area contributed by atoms with E-state index in [1.54, 1.807) is 0 Å². The Morgan fingerprint density at radius 1 is 0.710 bits per heavy atom. The van der Waals surface area contributed by atoms with Crippen LogP contribution in [0.25, 0.3) is 21.9 Å². The molecule has 0 aliphatic rings. The maximum Gasteiger partial charge on any atom is 0.308 e. The predicted molar refractivity (Wildman–Crippen MR) is 107 cm³/mol. The van der Waals surface area contributed by atoms with Crippen molar-refractivity contribution in [2.24, 2.45) is 0 Å². The number of ether oxygens (including phenoxy) is 5. The van der Waals surface area contributed by atoms with Crippen LogP contribution < -0.4 is 29.1 Å². The van der Waals surface area contributed by atoms with E-state index in [9.17, 15) is 19.2 Å². The molecule has 10 heteroatoms. The number of esters is 3. The summed E-state index contributed by atoms with van der Waals surface area (Å²) >= 11 is 0. The molecule has 0 spiro atoms. The monoisotopic (exact) mass is 430 g/mol. The molecule has 2 aromatic carbocycles. The first-order valence-electron chi connectivity index (χ1n) is 8.91. The van der Waals surface area contributed by atoms with Crippen molar-refractivity contribution in [3.63, 3.8) is 0 Å². The highest BCUT2D eigenvalue weighted by molar-refractivity contribution is 5.98. The fourth-order valence-electron chi connectivity index (χ4n) is 3.01. The lowest BCUT2D eigenvalue weighted by Gasteiger charge is -2.15. The summed E-state index contributed by atoms with van der Waals surface area (Å²) in [4.78, 5) is 47.9. The van der Waals surface area contributed by atoms with Crippen molar-refractivity contribution in [1.82, 2.24) is 0 Å². The van der Waals surface area contributed by atoms with Gasteiger partial charge in [-0.3, -0.25) is 19.2 Å². The van der Waals surface area contributed by atoms with Crippen molar-refractivity contribution in [3.05, 3.63) is 28.4 Å². The molecule has 0 aliphatic heterocycles. The number of benzene rings is 2. The molecular weight excluding hydrogens is 412 g/mol. The molecule has 0 N–H and O–H groups in total. The fourth-order valence-corrected chi connectivity index (χ4v) is 3.01. The van der Waals surface area contributed by atoms with E-state index in [1.807, 2.05) is 0 Å². The molecule has 0 unspecified atom stereocenters. The van der Waals surface area contributed by atoms with Crippen LogP contribution in [0.2, 0.25) is 0 Å². The van der Waals surface area contributed by atoms with E-state index < -0.39 is 23.3 Å². The molecule has 0 saturated heterocycles. The Morgan fingerprint density at radius 3 is 1.84 bits per heavy atom. The maximum atomic E-state index is 13.3. The van der Waals surface area contributed by atoms with Crippen LogP contribution in [0.5, 0.6) is 28.7 Å². The summed E-state index contributed by atoms with van der Waals surface area (Å²) < 4.78 is 31.7. The molecule has 0 radical (unpaired) electrons. The Balaban J connectivity index is 2.46. The van der Waals surface area contributed by atoms with Gasteiger partial charge in [-0.25, -0.2) is 0 Å². The summed E-state index contributed by atoms with van der Waals surface area (Å²) in [5.41, 5.74) is -0.570. The van der Waals surface area contributed by atoms with Gasteiger partial charge in [-0.2, -0.15) is 0 Å². The minimum Gasteiger partial charge on any atom is -0.493 e. The van der Waals surface area contributed by atoms with Crippen LogP contribution in [0.4, 0.5) is 0 Å². The van der Waals surface area contributed by atoms with Gasteiger partial charge in [0.05, 0.1) is 19.6 Å². The van der Waals surface area contributed by atoms with Crippen LogP contribution in [-0.2, 0) is 14.4 Å². The van der Waals surface area contributed by atoms with Crippen molar-refractivity contribution in [1.29, 1.82) is 0 Å². The SMILES string of the molecule is COc1cc2c(=O)c3c(OC(C)=O)c(OC)c(OC(C)=O)cc3oc2cc1OC(C)=O. The molecule has 10 nitrogen and oxygen atoms in total. The first-order chi connectivity index (χ1) is 14.7. The van der Waals surface area contributed by atoms with Crippen LogP contribution in [0.3, 0.4) is 0 Å². The van der Waals surface area contributed by atoms with E-state index in [4.69, 9.17) is 28.1 Å². The molecule has 1 heterocycles. The van der Waals surface area contributed by atoms with Crippen LogP contribution in [0.15, 0.2) is 27.4 Å². The molecule has 1 aromatic heterocycles. The molecule has 0 atom stereocenters. The number of hydrogen-bond acceptors (Lipinski definition) is 10. The van der Waals surface area contributed by atoms with Crippen molar-refractivity contribution in [3.8, 4) is 28.7 Å². The minimum atomic E-state index is -0.734. The molecule has 0 aliphatic carbocycles. The van der Waals surface area contributed by atoms with Crippen molar-refractivity contribution in [2.75, 3.05) is 14.2 Å². The third kappa shape index (κ3) is 4.13. The Bertz CT molecular complexity index is 1290. The molecule has 31 heavy (non-hydrogen) atoms. The summed E-state index contributed by atoms with van der Waals surface area (Å²) in [5, 5.41) is -0.0475. The van der Waals surface area contributed by atoms with Gasteiger partial charge in [0.1, 0.15) is 16.6 Å². The Kier molecular flexibility index (Phi) is 5.82. The summed E-state index contributed by atoms with van der Waals surface area (Å²) in [6.45, 7) is 3.52. The zero-order valence-corrected chi connectivity index (χ0v) is 17.3. The Labute approximate surface area is 175 Å². The van der Waals surface area contributed by atoms with E-state index >= 15 is 0 Å². The second kappa shape index (κ2) is 8.34. The lowest BCUT2D eigenvalue weighted by Crippen LogP contribution is -2.12. The van der Waals surface area contributed by atoms with Crippen LogP contribution in [0.1, 0.15) is 20.8 Å². The van der Waals surface area contributed by atoms with E-state index in [2.05, 4.69) is 0 Å². The van der Waals surface area contributed by atoms with Gasteiger partial charge in [-0.05, 0) is 6.07 Å². The van der Waals surface area contributed by atoms with E-state index in [0.29, 0.717) is 0 Å². The van der Waals surface area contributed by atoms with Gasteiger partial charge < -0.3 is 28.1 Å². The molecule has 0 saturated carbocycles. The average Bonchev–Trinajstić information content (AvgIpc) is 2.66. The number of fused-ring (bicyclic) bond motifs is 2. The Morgan fingerprint density at radius 2 is 1.29 bits per heavy atom. The van der Waals surface area contributed by atoms with Crippen molar-refractivity contribution in [2.45, 2.75) is 20.8 Å². The zero-order chi connectivity index (χ0) is 22.9. The predicted octanol–water partition coefficient (Wildman–Crippen LogP) is 2.74. The highest BCUT2D eigenvalue weighted by Crippen LogP contribution is 2.44. The van der Waals surface area contributed by atoms with E-state index in [0.717, 1.165) is 6.92 Å². The third-order valence-electron chi connectivity index (χ3n) is 4.08. The highest BCUT2D eigenvalue weighted by Gasteiger charge is 2.25. The number of carbonyl (C=O) groups excluding carboxylic acids is 3. The fraction of sp³-hybridized carbons (Fsp3) is 0.238. The summed E-state index contributed by atoms with van der Waals surface area (Å²) in [7, 11) is 2.60. The van der Waals surface area contributed by atoms with Gasteiger partial charge in [0.2, 0.25) is 11.2 Å². The molecule has 3 rings (SSSR count). The van der Waals surface area contributed by atoms with E-state index in [1.165, 1.54) is 46.3 Å².